The molecule has 0 saturated carbocycles. The van der Waals surface area contributed by atoms with Crippen LogP contribution >= 0.6 is 0 Å². The largest absolute Gasteiger partial charge is 0.348 e. The van der Waals surface area contributed by atoms with Crippen molar-refractivity contribution in [3.63, 3.8) is 0 Å². The molecule has 124 valence electrons. The number of aromatic nitrogens is 4. The van der Waals surface area contributed by atoms with Gasteiger partial charge in [-0.15, -0.1) is 0 Å². The Morgan fingerprint density at radius 3 is 2.96 bits per heavy atom. The first-order valence-corrected chi connectivity index (χ1v) is 8.40. The first-order chi connectivity index (χ1) is 11.8. The second-order valence-corrected chi connectivity index (χ2v) is 6.37. The zero-order valence-electron chi connectivity index (χ0n) is 13.8. The number of imidazole rings is 1. The summed E-state index contributed by atoms with van der Waals surface area (Å²) in [5.74, 6) is 1.71. The summed E-state index contributed by atoms with van der Waals surface area (Å²) in [6.45, 7) is 4.95. The molecule has 1 unspecified atom stereocenters. The lowest BCUT2D eigenvalue weighted by molar-refractivity contribution is 0.178. The molecule has 3 heterocycles. The smallest absolute Gasteiger partial charge is 0.231 e. The van der Waals surface area contributed by atoms with Gasteiger partial charge in [-0.1, -0.05) is 35.5 Å². The van der Waals surface area contributed by atoms with Crippen molar-refractivity contribution in [3.05, 3.63) is 53.9 Å². The van der Waals surface area contributed by atoms with Crippen molar-refractivity contribution in [3.8, 4) is 11.4 Å². The molecule has 1 aliphatic heterocycles. The van der Waals surface area contributed by atoms with E-state index >= 15 is 0 Å². The minimum atomic E-state index is 0.294. The van der Waals surface area contributed by atoms with Gasteiger partial charge in [-0.3, -0.25) is 4.90 Å². The van der Waals surface area contributed by atoms with Gasteiger partial charge in [0.1, 0.15) is 0 Å². The van der Waals surface area contributed by atoms with E-state index in [1.165, 1.54) is 0 Å². The number of nitrogens with one attached hydrogen (secondary N) is 1. The Kier molecular flexibility index (Phi) is 4.13. The van der Waals surface area contributed by atoms with Crippen LogP contribution < -0.4 is 0 Å². The van der Waals surface area contributed by atoms with Crippen molar-refractivity contribution in [2.45, 2.75) is 32.2 Å². The minimum Gasteiger partial charge on any atom is -0.348 e. The summed E-state index contributed by atoms with van der Waals surface area (Å²) in [4.78, 5) is 14.6. The van der Waals surface area contributed by atoms with E-state index < -0.39 is 0 Å². The van der Waals surface area contributed by atoms with Gasteiger partial charge in [-0.25, -0.2) is 4.98 Å². The van der Waals surface area contributed by atoms with Crippen LogP contribution in [0.5, 0.6) is 0 Å². The predicted molar refractivity (Wildman–Crippen MR) is 90.3 cm³/mol. The molecule has 1 fully saturated rings. The lowest BCUT2D eigenvalue weighted by Gasteiger charge is -2.30. The van der Waals surface area contributed by atoms with Crippen LogP contribution in [0.2, 0.25) is 0 Å². The van der Waals surface area contributed by atoms with Crippen LogP contribution in [-0.2, 0) is 6.54 Å². The van der Waals surface area contributed by atoms with E-state index in [-0.39, 0.29) is 0 Å². The Bertz CT molecular complexity index is 795. The highest BCUT2D eigenvalue weighted by Crippen LogP contribution is 2.28. The lowest BCUT2D eigenvalue weighted by atomic mass is 9.98. The topological polar surface area (TPSA) is 70.8 Å². The summed E-state index contributed by atoms with van der Waals surface area (Å²) in [5.41, 5.74) is 3.25. The fourth-order valence-corrected chi connectivity index (χ4v) is 3.26. The van der Waals surface area contributed by atoms with Gasteiger partial charge < -0.3 is 9.51 Å². The summed E-state index contributed by atoms with van der Waals surface area (Å²) in [5, 5.41) is 4.15. The van der Waals surface area contributed by atoms with E-state index in [9.17, 15) is 0 Å². The molecule has 0 spiro atoms. The van der Waals surface area contributed by atoms with Crippen LogP contribution in [0, 0.1) is 6.92 Å². The Hall–Kier alpha value is -2.47. The van der Waals surface area contributed by atoms with Gasteiger partial charge in [0.05, 0.1) is 17.9 Å². The van der Waals surface area contributed by atoms with Crippen molar-refractivity contribution >= 4 is 0 Å². The molecular weight excluding hydrogens is 302 g/mol. The normalized spacial score (nSPS) is 18.8. The first-order valence-electron chi connectivity index (χ1n) is 8.40. The third-order valence-electron chi connectivity index (χ3n) is 4.64. The van der Waals surface area contributed by atoms with Crippen molar-refractivity contribution in [1.82, 2.24) is 25.0 Å². The average molecular weight is 323 g/mol. The SMILES string of the molecule is Cc1[nH]cnc1CN1CCCC(c2nc(-c3ccccc3)no2)C1. The second kappa shape index (κ2) is 6.57. The Labute approximate surface area is 140 Å². The van der Waals surface area contributed by atoms with E-state index in [2.05, 4.69) is 31.9 Å². The van der Waals surface area contributed by atoms with Crippen LogP contribution in [-0.4, -0.2) is 38.1 Å². The molecular formula is C18H21N5O. The molecule has 0 bridgehead atoms. The predicted octanol–water partition coefficient (Wildman–Crippen LogP) is 3.15. The Balaban J connectivity index is 1.46. The summed E-state index contributed by atoms with van der Waals surface area (Å²) >= 11 is 0. The molecule has 4 rings (SSSR count). The van der Waals surface area contributed by atoms with Gasteiger partial charge in [0.2, 0.25) is 11.7 Å². The maximum absolute atomic E-state index is 5.56. The van der Waals surface area contributed by atoms with Crippen LogP contribution in [0.25, 0.3) is 11.4 Å². The fourth-order valence-electron chi connectivity index (χ4n) is 3.26. The maximum Gasteiger partial charge on any atom is 0.231 e. The number of rotatable bonds is 4. The zero-order valence-corrected chi connectivity index (χ0v) is 13.8. The van der Waals surface area contributed by atoms with E-state index in [0.717, 1.165) is 55.3 Å². The van der Waals surface area contributed by atoms with Crippen LogP contribution in [0.15, 0.2) is 41.2 Å². The molecule has 1 atom stereocenters. The van der Waals surface area contributed by atoms with Gasteiger partial charge in [0, 0.05) is 24.3 Å². The van der Waals surface area contributed by atoms with E-state index in [0.29, 0.717) is 11.7 Å². The molecule has 0 amide bonds. The summed E-state index contributed by atoms with van der Waals surface area (Å²) < 4.78 is 5.56. The average Bonchev–Trinajstić information content (AvgIpc) is 3.26. The number of aryl methyl sites for hydroxylation is 1. The van der Waals surface area contributed by atoms with Gasteiger partial charge in [0.15, 0.2) is 0 Å². The quantitative estimate of drug-likeness (QED) is 0.798. The number of H-pyrrole nitrogens is 1. The highest BCUT2D eigenvalue weighted by Gasteiger charge is 2.26. The highest BCUT2D eigenvalue weighted by atomic mass is 16.5. The van der Waals surface area contributed by atoms with Crippen molar-refractivity contribution < 1.29 is 4.52 Å². The molecule has 1 N–H and O–H groups in total. The molecule has 1 aliphatic rings. The molecule has 24 heavy (non-hydrogen) atoms. The molecule has 1 aromatic carbocycles. The number of nitrogens with zero attached hydrogens (tertiary/aromatic N) is 4. The van der Waals surface area contributed by atoms with E-state index in [1.54, 1.807) is 6.33 Å². The van der Waals surface area contributed by atoms with Crippen LogP contribution in [0.4, 0.5) is 0 Å². The van der Waals surface area contributed by atoms with Gasteiger partial charge in [-0.05, 0) is 26.3 Å². The standard InChI is InChI=1S/C18H21N5O/c1-13-16(20-12-19-13)11-23-9-5-8-15(10-23)18-21-17(22-24-18)14-6-3-2-4-7-14/h2-4,6-7,12,15H,5,8-11H2,1H3,(H,19,20). The van der Waals surface area contributed by atoms with Gasteiger partial charge in [0.25, 0.3) is 0 Å². The Morgan fingerprint density at radius 1 is 1.29 bits per heavy atom. The van der Waals surface area contributed by atoms with Crippen molar-refractivity contribution in [2.75, 3.05) is 13.1 Å². The molecule has 0 radical (unpaired) electrons. The molecule has 3 aromatic rings. The molecule has 6 nitrogen and oxygen atoms in total. The number of aromatic amines is 1. The summed E-state index contributed by atoms with van der Waals surface area (Å²) in [6.07, 6.45) is 3.99. The Morgan fingerprint density at radius 2 is 2.17 bits per heavy atom. The van der Waals surface area contributed by atoms with Gasteiger partial charge in [-0.2, -0.15) is 4.98 Å². The number of hydrogen-bond donors (Lipinski definition) is 1. The van der Waals surface area contributed by atoms with Crippen molar-refractivity contribution in [2.24, 2.45) is 0 Å². The maximum atomic E-state index is 5.56. The first kappa shape index (κ1) is 15.1. The van der Waals surface area contributed by atoms with Crippen LogP contribution in [0.1, 0.15) is 36.0 Å². The second-order valence-electron chi connectivity index (χ2n) is 6.37. The molecule has 0 aliphatic carbocycles. The fraction of sp³-hybridized carbons (Fsp3) is 0.389. The number of benzene rings is 1. The van der Waals surface area contributed by atoms with E-state index in [4.69, 9.17) is 4.52 Å². The van der Waals surface area contributed by atoms with Gasteiger partial charge >= 0.3 is 0 Å². The number of hydrogen-bond acceptors (Lipinski definition) is 5. The third kappa shape index (κ3) is 3.10. The van der Waals surface area contributed by atoms with Crippen molar-refractivity contribution in [1.29, 1.82) is 0 Å². The monoisotopic (exact) mass is 323 g/mol. The summed E-state index contributed by atoms with van der Waals surface area (Å²) in [7, 11) is 0. The molecule has 1 saturated heterocycles. The molecule has 6 heteroatoms. The zero-order chi connectivity index (χ0) is 16.4. The third-order valence-corrected chi connectivity index (χ3v) is 4.64. The van der Waals surface area contributed by atoms with Crippen LogP contribution in [0.3, 0.4) is 0 Å². The molecule has 2 aromatic heterocycles. The highest BCUT2D eigenvalue weighted by molar-refractivity contribution is 5.53. The summed E-state index contributed by atoms with van der Waals surface area (Å²) in [6, 6.07) is 9.96. The number of likely N-dealkylation sites (tertiary alicyclic amines) is 1. The number of piperidine rings is 1. The minimum absolute atomic E-state index is 0.294. The lowest BCUT2D eigenvalue weighted by Crippen LogP contribution is -2.34. The van der Waals surface area contributed by atoms with E-state index in [1.807, 2.05) is 30.3 Å².